The molecule has 27 heavy (non-hydrogen) atoms. The summed E-state index contributed by atoms with van der Waals surface area (Å²) in [6.07, 6.45) is -4.78. The summed E-state index contributed by atoms with van der Waals surface area (Å²) < 4.78 is 42.5. The number of nitrogens with zero attached hydrogens (tertiary/aromatic N) is 2. The van der Waals surface area contributed by atoms with Crippen LogP contribution in [0.25, 0.3) is 11.1 Å². The molecule has 1 aromatic heterocycles. The summed E-state index contributed by atoms with van der Waals surface area (Å²) >= 11 is 0. The summed E-state index contributed by atoms with van der Waals surface area (Å²) in [6.45, 7) is 0. The minimum atomic E-state index is -4.78. The molecule has 0 unspecified atom stereocenters. The second-order valence-corrected chi connectivity index (χ2v) is 5.53. The summed E-state index contributed by atoms with van der Waals surface area (Å²) in [4.78, 5) is 44.7. The number of alkyl halides is 3. The van der Waals surface area contributed by atoms with Crippen LogP contribution in [0.5, 0.6) is 0 Å². The Morgan fingerprint density at radius 1 is 1.04 bits per heavy atom. The molecule has 0 saturated carbocycles. The van der Waals surface area contributed by atoms with Crippen LogP contribution in [0.1, 0.15) is 37.0 Å². The number of fused-ring (bicyclic) bond motifs is 2. The molecule has 10 heteroatoms. The number of benzene rings is 2. The molecular weight excluding hydrogens is 369 g/mol. The lowest BCUT2D eigenvalue weighted by Crippen LogP contribution is -2.32. The molecule has 136 valence electrons. The Balaban J connectivity index is 1.60. The van der Waals surface area contributed by atoms with Crippen molar-refractivity contribution in [2.24, 2.45) is 0 Å². The van der Waals surface area contributed by atoms with Crippen LogP contribution >= 0.6 is 0 Å². The molecule has 0 atom stereocenters. The Hall–Kier alpha value is -3.69. The average Bonchev–Trinajstić information content (AvgIpc) is 3.17. The fourth-order valence-corrected chi connectivity index (χ4v) is 2.56. The number of carbonyl (C=O) groups is 3. The molecule has 0 saturated heterocycles. The number of halogens is 3. The van der Waals surface area contributed by atoms with Crippen molar-refractivity contribution in [1.29, 1.82) is 0 Å². The number of aromatic nitrogens is 1. The van der Waals surface area contributed by atoms with Crippen molar-refractivity contribution < 1.29 is 36.8 Å². The molecule has 2 heterocycles. The number of hydrogen-bond acceptors (Lipinski definition) is 6. The van der Waals surface area contributed by atoms with E-state index < -0.39 is 29.9 Å². The van der Waals surface area contributed by atoms with Crippen LogP contribution < -0.4 is 0 Å². The van der Waals surface area contributed by atoms with E-state index in [0.717, 1.165) is 18.2 Å². The summed E-state index contributed by atoms with van der Waals surface area (Å²) in [5.41, 5.74) is -0.450. The van der Waals surface area contributed by atoms with Crippen LogP contribution in [0.3, 0.4) is 0 Å². The van der Waals surface area contributed by atoms with E-state index in [9.17, 15) is 27.6 Å². The van der Waals surface area contributed by atoms with Gasteiger partial charge in [-0.25, -0.2) is 9.78 Å². The Kier molecular flexibility index (Phi) is 3.51. The van der Waals surface area contributed by atoms with Crippen molar-refractivity contribution >= 4 is 28.9 Å². The van der Waals surface area contributed by atoms with Gasteiger partial charge < -0.3 is 9.25 Å². The highest BCUT2D eigenvalue weighted by Gasteiger charge is 2.39. The van der Waals surface area contributed by atoms with Crippen LogP contribution in [0.4, 0.5) is 13.2 Å². The van der Waals surface area contributed by atoms with E-state index in [0.29, 0.717) is 5.06 Å². The molecule has 1 aliphatic heterocycles. The minimum Gasteiger partial charge on any atom is -0.433 e. The van der Waals surface area contributed by atoms with Crippen molar-refractivity contribution in [2.75, 3.05) is 0 Å². The molecule has 0 bridgehead atoms. The lowest BCUT2D eigenvalue weighted by Gasteiger charge is -2.12. The molecule has 0 aliphatic carbocycles. The van der Waals surface area contributed by atoms with Crippen LogP contribution in [0, 0.1) is 0 Å². The van der Waals surface area contributed by atoms with E-state index >= 15 is 0 Å². The highest BCUT2D eigenvalue weighted by atomic mass is 19.4. The van der Waals surface area contributed by atoms with E-state index in [1.807, 2.05) is 0 Å². The Bertz CT molecular complexity index is 1080. The maximum atomic E-state index is 12.6. The Labute approximate surface area is 147 Å². The zero-order chi connectivity index (χ0) is 19.3. The summed E-state index contributed by atoms with van der Waals surface area (Å²) in [5, 5.41) is 0.307. The number of hydroxylamine groups is 2. The van der Waals surface area contributed by atoms with Gasteiger partial charge in [-0.2, -0.15) is 13.2 Å². The zero-order valence-electron chi connectivity index (χ0n) is 13.1. The molecule has 2 aromatic carbocycles. The molecule has 7 nitrogen and oxygen atoms in total. The third kappa shape index (κ3) is 2.71. The van der Waals surface area contributed by atoms with Gasteiger partial charge in [-0.15, -0.1) is 0 Å². The Morgan fingerprint density at radius 2 is 1.67 bits per heavy atom. The quantitative estimate of drug-likeness (QED) is 0.638. The fraction of sp³-hybridized carbons (Fsp3) is 0.0588. The van der Waals surface area contributed by atoms with Gasteiger partial charge in [-0.05, 0) is 30.3 Å². The zero-order valence-corrected chi connectivity index (χ0v) is 13.1. The number of amides is 2. The Morgan fingerprint density at radius 3 is 2.26 bits per heavy atom. The molecule has 0 fully saturated rings. The van der Waals surface area contributed by atoms with E-state index in [4.69, 9.17) is 4.84 Å². The van der Waals surface area contributed by atoms with Crippen molar-refractivity contribution in [3.8, 4) is 0 Å². The first kappa shape index (κ1) is 16.8. The maximum Gasteiger partial charge on any atom is 0.468 e. The predicted octanol–water partition coefficient (Wildman–Crippen LogP) is 3.21. The van der Waals surface area contributed by atoms with Gasteiger partial charge in [0.1, 0.15) is 5.52 Å². The maximum absolute atomic E-state index is 12.6. The summed E-state index contributed by atoms with van der Waals surface area (Å²) in [5.74, 6) is -4.19. The van der Waals surface area contributed by atoms with Gasteiger partial charge in [0.2, 0.25) is 0 Å². The highest BCUT2D eigenvalue weighted by molar-refractivity contribution is 6.21. The normalized spacial score (nSPS) is 14.0. The second kappa shape index (κ2) is 5.66. The van der Waals surface area contributed by atoms with Gasteiger partial charge >= 0.3 is 18.0 Å². The van der Waals surface area contributed by atoms with Crippen molar-refractivity contribution in [1.82, 2.24) is 10.0 Å². The summed E-state index contributed by atoms with van der Waals surface area (Å²) in [6, 6.07) is 9.16. The van der Waals surface area contributed by atoms with E-state index in [2.05, 4.69) is 9.40 Å². The standard InChI is InChI=1S/C17H7F3N2O5/c18-17(19,20)16-21-11-7-8(5-6-12(11)26-16)15(25)27-22-13(23)9-3-1-2-4-10(9)14(22)24/h1-7H. The SMILES string of the molecule is O=C(ON1C(=O)c2ccccc2C1=O)c1ccc2oc(C(F)(F)F)nc2c1. The van der Waals surface area contributed by atoms with Gasteiger partial charge in [-0.3, -0.25) is 9.59 Å². The predicted molar refractivity (Wildman–Crippen MR) is 81.4 cm³/mol. The first-order valence-corrected chi connectivity index (χ1v) is 7.43. The molecule has 3 aromatic rings. The van der Waals surface area contributed by atoms with Crippen LogP contribution in [0.2, 0.25) is 0 Å². The van der Waals surface area contributed by atoms with Crippen molar-refractivity contribution in [2.45, 2.75) is 6.18 Å². The average molecular weight is 376 g/mol. The number of carbonyl (C=O) groups excluding carboxylic acids is 3. The highest BCUT2D eigenvalue weighted by Crippen LogP contribution is 2.31. The molecule has 2 amide bonds. The third-order valence-electron chi connectivity index (χ3n) is 3.80. The van der Waals surface area contributed by atoms with Gasteiger partial charge in [0.15, 0.2) is 5.58 Å². The van der Waals surface area contributed by atoms with Gasteiger partial charge in [0.25, 0.3) is 11.8 Å². The largest absolute Gasteiger partial charge is 0.468 e. The van der Waals surface area contributed by atoms with Crippen LogP contribution in [-0.4, -0.2) is 27.8 Å². The first-order chi connectivity index (χ1) is 12.8. The van der Waals surface area contributed by atoms with Crippen molar-refractivity contribution in [3.63, 3.8) is 0 Å². The molecule has 0 N–H and O–H groups in total. The molecule has 0 spiro atoms. The van der Waals surface area contributed by atoms with Gasteiger partial charge in [0, 0.05) is 0 Å². The molecule has 1 aliphatic rings. The number of oxazole rings is 1. The second-order valence-electron chi connectivity index (χ2n) is 5.53. The van der Waals surface area contributed by atoms with Gasteiger partial charge in [-0.1, -0.05) is 17.2 Å². The number of rotatable bonds is 2. The van der Waals surface area contributed by atoms with Gasteiger partial charge in [0.05, 0.1) is 16.7 Å². The third-order valence-corrected chi connectivity index (χ3v) is 3.80. The monoisotopic (exact) mass is 376 g/mol. The molecule has 4 rings (SSSR count). The lowest BCUT2D eigenvalue weighted by atomic mass is 10.1. The van der Waals surface area contributed by atoms with E-state index in [-0.39, 0.29) is 27.8 Å². The van der Waals surface area contributed by atoms with Crippen LogP contribution in [-0.2, 0) is 11.0 Å². The lowest BCUT2D eigenvalue weighted by molar-refractivity contribution is -0.156. The minimum absolute atomic E-state index is 0.0806. The molecular formula is C17H7F3N2O5. The smallest absolute Gasteiger partial charge is 0.433 e. The molecule has 0 radical (unpaired) electrons. The van der Waals surface area contributed by atoms with Crippen molar-refractivity contribution in [3.05, 3.63) is 65.0 Å². The topological polar surface area (TPSA) is 89.7 Å². The van der Waals surface area contributed by atoms with E-state index in [1.165, 1.54) is 12.1 Å². The number of hydrogen-bond donors (Lipinski definition) is 0. The fourth-order valence-electron chi connectivity index (χ4n) is 2.56. The summed E-state index contributed by atoms with van der Waals surface area (Å²) in [7, 11) is 0. The van der Waals surface area contributed by atoms with E-state index in [1.54, 1.807) is 12.1 Å². The number of imide groups is 1. The van der Waals surface area contributed by atoms with Crippen LogP contribution in [0.15, 0.2) is 46.9 Å². The first-order valence-electron chi connectivity index (χ1n) is 7.43.